The summed E-state index contributed by atoms with van der Waals surface area (Å²) in [6.07, 6.45) is 1.72. The Morgan fingerprint density at radius 3 is 2.58 bits per heavy atom. The molecular formula is C17H16Cl2FN5O. The van der Waals surface area contributed by atoms with E-state index in [9.17, 15) is 4.39 Å². The predicted octanol–water partition coefficient (Wildman–Crippen LogP) is 3.83. The zero-order chi connectivity index (χ0) is 16.7. The van der Waals surface area contributed by atoms with Gasteiger partial charge in [0.25, 0.3) is 0 Å². The van der Waals surface area contributed by atoms with Crippen LogP contribution in [0.2, 0.25) is 0 Å². The molecule has 0 saturated heterocycles. The summed E-state index contributed by atoms with van der Waals surface area (Å²) in [7, 11) is 0. The van der Waals surface area contributed by atoms with Crippen LogP contribution in [0.4, 0.5) is 4.39 Å². The standard InChI is InChI=1S/C17H14FN5O.2ClH/c1-10-21-17(22-24-10)16-7-11-6-12(18)2-5-15(11)23(16)14-4-3-13(8-19)20-9-14;;/h2-7,9H,8,19H2,1H3;2*1H. The summed E-state index contributed by atoms with van der Waals surface area (Å²) in [5.41, 5.74) is 8.74. The fraction of sp³-hybridized carbons (Fsp3) is 0.118. The molecule has 0 fully saturated rings. The number of nitrogens with two attached hydrogens (primary N) is 1. The first-order chi connectivity index (χ1) is 11.7. The average Bonchev–Trinajstić information content (AvgIpc) is 3.18. The van der Waals surface area contributed by atoms with Gasteiger partial charge in [-0.2, -0.15) is 4.98 Å². The van der Waals surface area contributed by atoms with Crippen LogP contribution >= 0.6 is 24.8 Å². The summed E-state index contributed by atoms with van der Waals surface area (Å²) < 4.78 is 20.6. The van der Waals surface area contributed by atoms with Crippen LogP contribution in [0, 0.1) is 12.7 Å². The van der Waals surface area contributed by atoms with E-state index < -0.39 is 0 Å². The molecule has 0 bridgehead atoms. The monoisotopic (exact) mass is 395 g/mol. The van der Waals surface area contributed by atoms with Crippen LogP contribution in [0.25, 0.3) is 28.1 Å². The number of benzene rings is 1. The number of fused-ring (bicyclic) bond motifs is 1. The van der Waals surface area contributed by atoms with E-state index in [1.807, 2.05) is 22.8 Å². The lowest BCUT2D eigenvalue weighted by Crippen LogP contribution is -2.02. The smallest absolute Gasteiger partial charge is 0.223 e. The van der Waals surface area contributed by atoms with Crippen molar-refractivity contribution in [1.82, 2.24) is 19.7 Å². The largest absolute Gasteiger partial charge is 0.339 e. The second-order valence-electron chi connectivity index (χ2n) is 5.42. The van der Waals surface area contributed by atoms with Crippen molar-refractivity contribution in [2.75, 3.05) is 0 Å². The van der Waals surface area contributed by atoms with Gasteiger partial charge in [0.05, 0.1) is 28.8 Å². The minimum absolute atomic E-state index is 0. The molecule has 0 unspecified atom stereocenters. The number of hydrogen-bond donors (Lipinski definition) is 1. The molecule has 2 N–H and O–H groups in total. The molecule has 9 heteroatoms. The van der Waals surface area contributed by atoms with E-state index in [0.717, 1.165) is 22.3 Å². The van der Waals surface area contributed by atoms with Gasteiger partial charge in [0.1, 0.15) is 5.82 Å². The molecule has 4 rings (SSSR count). The Morgan fingerprint density at radius 2 is 1.96 bits per heavy atom. The normalized spacial score (nSPS) is 10.4. The number of rotatable bonds is 3. The summed E-state index contributed by atoms with van der Waals surface area (Å²) in [6.45, 7) is 2.09. The van der Waals surface area contributed by atoms with Crippen LogP contribution in [0.1, 0.15) is 11.6 Å². The van der Waals surface area contributed by atoms with Crippen molar-refractivity contribution < 1.29 is 8.91 Å². The maximum Gasteiger partial charge on any atom is 0.223 e. The van der Waals surface area contributed by atoms with E-state index in [-0.39, 0.29) is 30.6 Å². The lowest BCUT2D eigenvalue weighted by molar-refractivity contribution is 0.394. The van der Waals surface area contributed by atoms with Crippen molar-refractivity contribution in [2.45, 2.75) is 13.5 Å². The minimum atomic E-state index is -0.299. The van der Waals surface area contributed by atoms with Gasteiger partial charge >= 0.3 is 0 Å². The maximum atomic E-state index is 13.6. The summed E-state index contributed by atoms with van der Waals surface area (Å²) in [4.78, 5) is 8.62. The summed E-state index contributed by atoms with van der Waals surface area (Å²) in [6, 6.07) is 10.2. The zero-order valence-electron chi connectivity index (χ0n) is 13.7. The molecule has 136 valence electrons. The van der Waals surface area contributed by atoms with Gasteiger partial charge in [0.2, 0.25) is 11.7 Å². The summed E-state index contributed by atoms with van der Waals surface area (Å²) in [5.74, 6) is 0.601. The second kappa shape index (κ2) is 7.82. The molecule has 4 aromatic rings. The fourth-order valence-electron chi connectivity index (χ4n) is 2.70. The van der Waals surface area contributed by atoms with Gasteiger partial charge in [0, 0.05) is 18.9 Å². The van der Waals surface area contributed by atoms with E-state index in [4.69, 9.17) is 10.3 Å². The van der Waals surface area contributed by atoms with Crippen molar-refractivity contribution >= 4 is 35.7 Å². The van der Waals surface area contributed by atoms with Gasteiger partial charge in [-0.05, 0) is 36.4 Å². The van der Waals surface area contributed by atoms with Crippen LogP contribution in [-0.4, -0.2) is 19.7 Å². The SMILES string of the molecule is Cc1nc(-c2cc3cc(F)ccc3n2-c2ccc(CN)nc2)no1.Cl.Cl. The Balaban J connectivity index is 0.00000121. The third kappa shape index (κ3) is 3.41. The van der Waals surface area contributed by atoms with E-state index >= 15 is 0 Å². The molecule has 0 amide bonds. The Labute approximate surface area is 161 Å². The molecule has 26 heavy (non-hydrogen) atoms. The summed E-state index contributed by atoms with van der Waals surface area (Å²) >= 11 is 0. The first kappa shape index (κ1) is 19.8. The number of hydrogen-bond acceptors (Lipinski definition) is 5. The van der Waals surface area contributed by atoms with E-state index in [1.54, 1.807) is 19.2 Å². The highest BCUT2D eigenvalue weighted by Crippen LogP contribution is 2.30. The minimum Gasteiger partial charge on any atom is -0.339 e. The third-order valence-corrected chi connectivity index (χ3v) is 3.80. The van der Waals surface area contributed by atoms with Gasteiger partial charge in [-0.3, -0.25) is 4.98 Å². The van der Waals surface area contributed by atoms with Crippen molar-refractivity contribution in [1.29, 1.82) is 0 Å². The maximum absolute atomic E-state index is 13.6. The van der Waals surface area contributed by atoms with Crippen LogP contribution in [0.3, 0.4) is 0 Å². The number of halogens is 3. The molecule has 3 heterocycles. The molecule has 0 radical (unpaired) electrons. The van der Waals surface area contributed by atoms with E-state index in [0.29, 0.717) is 24.0 Å². The first-order valence-corrected chi connectivity index (χ1v) is 7.43. The molecule has 1 aromatic carbocycles. The Morgan fingerprint density at radius 1 is 1.15 bits per heavy atom. The number of aryl methyl sites for hydroxylation is 1. The van der Waals surface area contributed by atoms with Crippen LogP contribution in [-0.2, 0) is 6.54 Å². The van der Waals surface area contributed by atoms with Crippen molar-refractivity contribution in [3.05, 3.63) is 60.0 Å². The number of aromatic nitrogens is 4. The van der Waals surface area contributed by atoms with Gasteiger partial charge in [0.15, 0.2) is 0 Å². The number of pyridine rings is 1. The highest BCUT2D eigenvalue weighted by molar-refractivity contribution is 5.88. The number of nitrogens with zero attached hydrogens (tertiary/aromatic N) is 4. The first-order valence-electron chi connectivity index (χ1n) is 7.43. The molecule has 3 aromatic heterocycles. The van der Waals surface area contributed by atoms with Crippen molar-refractivity contribution in [3.63, 3.8) is 0 Å². The zero-order valence-corrected chi connectivity index (χ0v) is 15.4. The Hall–Kier alpha value is -2.48. The highest BCUT2D eigenvalue weighted by Gasteiger charge is 2.17. The molecule has 0 aliphatic rings. The molecular weight excluding hydrogens is 380 g/mol. The molecule has 0 spiro atoms. The average molecular weight is 396 g/mol. The lowest BCUT2D eigenvalue weighted by Gasteiger charge is -2.09. The van der Waals surface area contributed by atoms with Crippen LogP contribution < -0.4 is 5.73 Å². The lowest BCUT2D eigenvalue weighted by atomic mass is 10.2. The predicted molar refractivity (Wildman–Crippen MR) is 101 cm³/mol. The molecule has 0 atom stereocenters. The Kier molecular flexibility index (Phi) is 5.97. The van der Waals surface area contributed by atoms with E-state index in [1.165, 1.54) is 12.1 Å². The van der Waals surface area contributed by atoms with Crippen molar-refractivity contribution in [3.8, 4) is 17.2 Å². The molecule has 0 saturated carbocycles. The molecule has 6 nitrogen and oxygen atoms in total. The van der Waals surface area contributed by atoms with Gasteiger partial charge in [-0.25, -0.2) is 4.39 Å². The van der Waals surface area contributed by atoms with Crippen LogP contribution in [0.15, 0.2) is 47.1 Å². The summed E-state index contributed by atoms with van der Waals surface area (Å²) in [5, 5.41) is 4.73. The second-order valence-corrected chi connectivity index (χ2v) is 5.42. The van der Waals surface area contributed by atoms with Crippen LogP contribution in [0.5, 0.6) is 0 Å². The topological polar surface area (TPSA) is 82.8 Å². The Bertz CT molecular complexity index is 1030. The van der Waals surface area contributed by atoms with Crippen molar-refractivity contribution in [2.24, 2.45) is 5.73 Å². The van der Waals surface area contributed by atoms with Gasteiger partial charge < -0.3 is 14.8 Å². The molecule has 0 aliphatic heterocycles. The highest BCUT2D eigenvalue weighted by atomic mass is 35.5. The molecule has 0 aliphatic carbocycles. The third-order valence-electron chi connectivity index (χ3n) is 3.80. The van der Waals surface area contributed by atoms with E-state index in [2.05, 4.69) is 15.1 Å². The van der Waals surface area contributed by atoms with Gasteiger partial charge in [-0.15, -0.1) is 24.8 Å². The quantitative estimate of drug-likeness (QED) is 0.569. The van der Waals surface area contributed by atoms with Gasteiger partial charge in [-0.1, -0.05) is 5.16 Å². The fourth-order valence-corrected chi connectivity index (χ4v) is 2.70.